The van der Waals surface area contributed by atoms with E-state index in [0.29, 0.717) is 24.4 Å². The molecule has 148 valence electrons. The number of hydrogen-bond acceptors (Lipinski definition) is 6. The first kappa shape index (κ1) is 18.7. The Hall–Kier alpha value is -2.34. The monoisotopic (exact) mass is 427 g/mol. The molecular weight excluding hydrogens is 408 g/mol. The molecule has 1 fully saturated rings. The van der Waals surface area contributed by atoms with Gasteiger partial charge < -0.3 is 14.8 Å². The molecule has 2 aromatic carbocycles. The van der Waals surface area contributed by atoms with Gasteiger partial charge in [0.15, 0.2) is 5.82 Å². The van der Waals surface area contributed by atoms with Crippen LogP contribution in [0.25, 0.3) is 21.1 Å². The summed E-state index contributed by atoms with van der Waals surface area (Å²) in [4.78, 5) is 8.65. The zero-order valence-corrected chi connectivity index (χ0v) is 17.7. The Labute approximate surface area is 172 Å². The minimum atomic E-state index is -0.400. The van der Waals surface area contributed by atoms with E-state index in [1.807, 2.05) is 18.2 Å². The summed E-state index contributed by atoms with van der Waals surface area (Å²) >= 11 is 1.43. The Morgan fingerprint density at radius 2 is 2.03 bits per heavy atom. The maximum atomic E-state index is 14.9. The second-order valence-corrected chi connectivity index (χ2v) is 10.3. The number of benzene rings is 2. The summed E-state index contributed by atoms with van der Waals surface area (Å²) in [5.74, 6) is 0.522. The van der Waals surface area contributed by atoms with Gasteiger partial charge in [0.05, 0.1) is 34.6 Å². The predicted octanol–water partition coefficient (Wildman–Crippen LogP) is 4.87. The van der Waals surface area contributed by atoms with Crippen LogP contribution in [0.15, 0.2) is 42.0 Å². The Bertz CT molecular complexity index is 1210. The average Bonchev–Trinajstić information content (AvgIpc) is 3.16. The molecule has 4 aromatic rings. The Morgan fingerprint density at radius 3 is 2.79 bits per heavy atom. The highest BCUT2D eigenvalue weighted by Gasteiger charge is 2.23. The molecule has 1 aliphatic heterocycles. The number of nitrogens with zero attached hydrogens (tertiary/aromatic N) is 2. The van der Waals surface area contributed by atoms with E-state index in [-0.39, 0.29) is 11.9 Å². The quantitative estimate of drug-likeness (QED) is 0.461. The average molecular weight is 427 g/mol. The van der Waals surface area contributed by atoms with Crippen molar-refractivity contribution >= 4 is 57.1 Å². The molecule has 1 aliphatic rings. The second-order valence-electron chi connectivity index (χ2n) is 7.12. The number of fused-ring (bicyclic) bond motifs is 2. The van der Waals surface area contributed by atoms with Crippen molar-refractivity contribution in [2.24, 2.45) is 0 Å². The van der Waals surface area contributed by atoms with Crippen LogP contribution in [0.5, 0.6) is 5.75 Å². The molecule has 0 saturated carbocycles. The van der Waals surface area contributed by atoms with Gasteiger partial charge in [-0.2, -0.15) is 0 Å². The second kappa shape index (κ2) is 7.48. The fourth-order valence-corrected chi connectivity index (χ4v) is 4.93. The Balaban J connectivity index is 1.58. The molecule has 0 radical (unpaired) electrons. The van der Waals surface area contributed by atoms with E-state index in [1.165, 1.54) is 11.3 Å². The molecule has 5 rings (SSSR count). The van der Waals surface area contributed by atoms with Gasteiger partial charge in [-0.1, -0.05) is 7.92 Å². The van der Waals surface area contributed by atoms with Crippen LogP contribution in [0.1, 0.15) is 0 Å². The summed E-state index contributed by atoms with van der Waals surface area (Å²) in [6.45, 7) is 5.63. The predicted molar refractivity (Wildman–Crippen MR) is 118 cm³/mol. The first-order chi connectivity index (χ1) is 14.1. The minimum absolute atomic E-state index is 0.0985. The van der Waals surface area contributed by atoms with Crippen molar-refractivity contribution in [3.05, 3.63) is 47.9 Å². The van der Waals surface area contributed by atoms with Gasteiger partial charge in [0.2, 0.25) is 0 Å². The number of rotatable bonds is 5. The van der Waals surface area contributed by atoms with Gasteiger partial charge in [-0.25, -0.2) is 9.37 Å². The summed E-state index contributed by atoms with van der Waals surface area (Å²) in [7, 11) is -0.400. The minimum Gasteiger partial charge on any atom is -0.485 e. The first-order valence-electron chi connectivity index (χ1n) is 9.23. The number of anilines is 2. The molecule has 29 heavy (non-hydrogen) atoms. The Morgan fingerprint density at radius 1 is 1.17 bits per heavy atom. The number of nitrogens with one attached hydrogen (secondary N) is 1. The number of halogens is 1. The third-order valence-corrected chi connectivity index (χ3v) is 7.02. The lowest BCUT2D eigenvalue weighted by Gasteiger charge is -2.28. The molecule has 0 amide bonds. The lowest BCUT2D eigenvalue weighted by atomic mass is 10.1. The lowest BCUT2D eigenvalue weighted by Crippen LogP contribution is -2.39. The van der Waals surface area contributed by atoms with Crippen molar-refractivity contribution < 1.29 is 13.9 Å². The standard InChI is InChI=1S/C21H19FN3O2PS/c1-28(2)18-7-13-14(25-15-3-4-19-21(20(15)22)24-11-29-19)5-6-23-16(13)8-17(18)27-12-9-26-10-12/h3-8,11-12H,9-10H2,1-2H3,(H,23,25). The zero-order valence-electron chi connectivity index (χ0n) is 16.0. The molecule has 8 heteroatoms. The highest BCUT2D eigenvalue weighted by molar-refractivity contribution is 7.64. The highest BCUT2D eigenvalue weighted by Crippen LogP contribution is 2.36. The fraction of sp³-hybridized carbons (Fsp3) is 0.238. The largest absolute Gasteiger partial charge is 0.485 e. The van der Waals surface area contributed by atoms with E-state index in [1.54, 1.807) is 17.8 Å². The molecule has 0 bridgehead atoms. The number of ether oxygens (including phenoxy) is 2. The molecule has 3 heterocycles. The molecule has 0 spiro atoms. The summed E-state index contributed by atoms with van der Waals surface area (Å²) in [5, 5.41) is 5.34. The van der Waals surface area contributed by atoms with E-state index in [4.69, 9.17) is 9.47 Å². The maximum Gasteiger partial charge on any atom is 0.173 e. The van der Waals surface area contributed by atoms with E-state index in [0.717, 1.165) is 32.3 Å². The molecule has 5 nitrogen and oxygen atoms in total. The zero-order chi connectivity index (χ0) is 20.0. The van der Waals surface area contributed by atoms with Crippen LogP contribution in [-0.2, 0) is 4.74 Å². The fourth-order valence-electron chi connectivity index (χ4n) is 3.32. The normalized spacial score (nSPS) is 14.5. The van der Waals surface area contributed by atoms with Crippen LogP contribution in [-0.4, -0.2) is 42.6 Å². The molecule has 1 N–H and O–H groups in total. The van der Waals surface area contributed by atoms with Gasteiger partial charge >= 0.3 is 0 Å². The Kier molecular flexibility index (Phi) is 4.82. The topological polar surface area (TPSA) is 56.3 Å². The smallest absolute Gasteiger partial charge is 0.173 e. The van der Waals surface area contributed by atoms with E-state index in [2.05, 4.69) is 34.7 Å². The third kappa shape index (κ3) is 3.44. The van der Waals surface area contributed by atoms with Crippen molar-refractivity contribution in [2.45, 2.75) is 6.10 Å². The van der Waals surface area contributed by atoms with E-state index in [9.17, 15) is 4.39 Å². The van der Waals surface area contributed by atoms with Crippen LogP contribution in [0.2, 0.25) is 0 Å². The van der Waals surface area contributed by atoms with E-state index >= 15 is 0 Å². The summed E-state index contributed by atoms with van der Waals surface area (Å²) in [5.41, 5.74) is 4.06. The van der Waals surface area contributed by atoms with E-state index < -0.39 is 7.92 Å². The summed E-state index contributed by atoms with van der Waals surface area (Å²) in [6, 6.07) is 9.60. The van der Waals surface area contributed by atoms with Gasteiger partial charge in [-0.3, -0.25) is 4.98 Å². The van der Waals surface area contributed by atoms with Crippen LogP contribution in [0.4, 0.5) is 15.8 Å². The molecule has 0 aliphatic carbocycles. The SMILES string of the molecule is CP(C)c1cc2c(Nc3ccc4scnc4c3F)ccnc2cc1OC1COC1. The molecule has 2 aromatic heterocycles. The van der Waals surface area contributed by atoms with Crippen molar-refractivity contribution in [1.29, 1.82) is 0 Å². The number of hydrogen-bond donors (Lipinski definition) is 1. The van der Waals surface area contributed by atoms with Gasteiger partial charge in [-0.15, -0.1) is 11.3 Å². The number of thiazole rings is 1. The highest BCUT2D eigenvalue weighted by atomic mass is 32.1. The van der Waals surface area contributed by atoms with Crippen LogP contribution in [0.3, 0.4) is 0 Å². The van der Waals surface area contributed by atoms with Crippen molar-refractivity contribution in [1.82, 2.24) is 9.97 Å². The first-order valence-corrected chi connectivity index (χ1v) is 12.3. The van der Waals surface area contributed by atoms with Crippen LogP contribution < -0.4 is 15.4 Å². The third-order valence-electron chi connectivity index (χ3n) is 4.92. The number of aromatic nitrogens is 2. The maximum absolute atomic E-state index is 14.9. The number of pyridine rings is 1. The molecular formula is C21H19FN3O2PS. The van der Waals surface area contributed by atoms with Crippen molar-refractivity contribution in [3.63, 3.8) is 0 Å². The molecule has 0 atom stereocenters. The molecule has 0 unspecified atom stereocenters. The summed E-state index contributed by atoms with van der Waals surface area (Å²) in [6.07, 6.45) is 1.82. The van der Waals surface area contributed by atoms with Gasteiger partial charge in [0.1, 0.15) is 17.4 Å². The summed E-state index contributed by atoms with van der Waals surface area (Å²) < 4.78 is 27.1. The van der Waals surface area contributed by atoms with Gasteiger partial charge in [0.25, 0.3) is 0 Å². The van der Waals surface area contributed by atoms with Crippen molar-refractivity contribution in [2.75, 3.05) is 31.9 Å². The van der Waals surface area contributed by atoms with Gasteiger partial charge in [0, 0.05) is 28.6 Å². The van der Waals surface area contributed by atoms with Gasteiger partial charge in [-0.05, 0) is 37.6 Å². The lowest BCUT2D eigenvalue weighted by molar-refractivity contribution is -0.0792. The van der Waals surface area contributed by atoms with Crippen LogP contribution >= 0.6 is 19.3 Å². The molecule has 1 saturated heterocycles. The van der Waals surface area contributed by atoms with Crippen molar-refractivity contribution in [3.8, 4) is 5.75 Å². The van der Waals surface area contributed by atoms with Crippen LogP contribution in [0, 0.1) is 5.82 Å².